The second-order valence-electron chi connectivity index (χ2n) is 3.33. The van der Waals surface area contributed by atoms with Crippen LogP contribution in [-0.2, 0) is 6.54 Å². The Hall–Kier alpha value is -0.780. The number of halogens is 1. The Morgan fingerprint density at radius 1 is 1.31 bits per heavy atom. The second kappa shape index (κ2) is 5.52. The molecule has 0 fully saturated rings. The Bertz CT molecular complexity index is 453. The average Bonchev–Trinajstić information content (AvgIpc) is 2.75. The first-order chi connectivity index (χ1) is 7.81. The highest BCUT2D eigenvalue weighted by Gasteiger charge is 2.09. The predicted octanol–water partition coefficient (Wildman–Crippen LogP) is 3.08. The van der Waals surface area contributed by atoms with E-state index in [0.717, 1.165) is 28.8 Å². The zero-order valence-electron chi connectivity index (χ0n) is 8.90. The summed E-state index contributed by atoms with van der Waals surface area (Å²) in [5.74, 6) is 0. The van der Waals surface area contributed by atoms with Crippen molar-refractivity contribution < 1.29 is 0 Å². The van der Waals surface area contributed by atoms with Gasteiger partial charge in [0.2, 0.25) is 0 Å². The maximum absolute atomic E-state index is 4.18. The van der Waals surface area contributed by atoms with E-state index in [1.165, 1.54) is 16.4 Å². The lowest BCUT2D eigenvalue weighted by Gasteiger charge is -2.01. The molecule has 0 aliphatic rings. The van der Waals surface area contributed by atoms with Crippen LogP contribution in [0.3, 0.4) is 0 Å². The van der Waals surface area contributed by atoms with Crippen LogP contribution in [0.15, 0.2) is 28.7 Å². The lowest BCUT2D eigenvalue weighted by atomic mass is 10.1. The van der Waals surface area contributed by atoms with Crippen molar-refractivity contribution in [3.63, 3.8) is 0 Å². The van der Waals surface area contributed by atoms with E-state index in [0.29, 0.717) is 0 Å². The molecule has 1 aromatic heterocycles. The third-order valence-corrected chi connectivity index (χ3v) is 3.46. The van der Waals surface area contributed by atoms with Gasteiger partial charge in [-0.3, -0.25) is 0 Å². The molecule has 0 atom stereocenters. The zero-order valence-corrected chi connectivity index (χ0v) is 11.3. The van der Waals surface area contributed by atoms with Crippen LogP contribution < -0.4 is 5.32 Å². The molecule has 0 saturated heterocycles. The molecule has 5 heteroatoms. The molecule has 0 aliphatic carbocycles. The van der Waals surface area contributed by atoms with Gasteiger partial charge in [-0.15, -0.1) is 5.10 Å². The van der Waals surface area contributed by atoms with Crippen molar-refractivity contribution in [3.8, 4) is 11.3 Å². The van der Waals surface area contributed by atoms with Gasteiger partial charge >= 0.3 is 0 Å². The first-order valence-electron chi connectivity index (χ1n) is 5.09. The Morgan fingerprint density at radius 2 is 2.06 bits per heavy atom. The second-order valence-corrected chi connectivity index (χ2v) is 5.09. The molecule has 0 saturated carbocycles. The van der Waals surface area contributed by atoms with Crippen molar-refractivity contribution >= 4 is 27.5 Å². The maximum atomic E-state index is 4.18. The lowest BCUT2D eigenvalue weighted by Crippen LogP contribution is -2.11. The van der Waals surface area contributed by atoms with Crippen LogP contribution in [0.2, 0.25) is 0 Å². The van der Waals surface area contributed by atoms with Gasteiger partial charge in [0.25, 0.3) is 0 Å². The van der Waals surface area contributed by atoms with Crippen LogP contribution in [0.25, 0.3) is 11.3 Å². The van der Waals surface area contributed by atoms with E-state index in [2.05, 4.69) is 49.9 Å². The van der Waals surface area contributed by atoms with Gasteiger partial charge in [-0.25, -0.2) is 0 Å². The van der Waals surface area contributed by atoms with Crippen LogP contribution in [0.1, 0.15) is 11.8 Å². The Morgan fingerprint density at radius 3 is 2.75 bits per heavy atom. The largest absolute Gasteiger partial charge is 0.312 e. The molecule has 16 heavy (non-hydrogen) atoms. The highest BCUT2D eigenvalue weighted by molar-refractivity contribution is 9.10. The molecule has 1 N–H and O–H groups in total. The molecule has 1 aromatic carbocycles. The molecule has 0 aliphatic heterocycles. The lowest BCUT2D eigenvalue weighted by molar-refractivity contribution is 0.735. The first kappa shape index (κ1) is 11.7. The molecule has 2 rings (SSSR count). The Labute approximate surface area is 107 Å². The molecule has 0 spiro atoms. The van der Waals surface area contributed by atoms with Crippen LogP contribution in [0.4, 0.5) is 0 Å². The fourth-order valence-corrected chi connectivity index (χ4v) is 2.29. The predicted molar refractivity (Wildman–Crippen MR) is 70.4 cm³/mol. The topological polar surface area (TPSA) is 37.8 Å². The highest BCUT2D eigenvalue weighted by atomic mass is 79.9. The van der Waals surface area contributed by atoms with E-state index in [1.807, 2.05) is 12.1 Å². The number of benzene rings is 1. The number of nitrogens with one attached hydrogen (secondary N) is 1. The van der Waals surface area contributed by atoms with E-state index in [9.17, 15) is 0 Å². The standard InChI is InChI=1S/C11H12BrN3S/c1-2-13-7-10-11(14-15-16-10)8-3-5-9(12)6-4-8/h3-6,13H,2,7H2,1H3. The smallest absolute Gasteiger partial charge is 0.110 e. The number of hydrogen-bond donors (Lipinski definition) is 1. The molecule has 0 radical (unpaired) electrons. The molecule has 0 amide bonds. The summed E-state index contributed by atoms with van der Waals surface area (Å²) in [4.78, 5) is 1.18. The van der Waals surface area contributed by atoms with Gasteiger partial charge in [0, 0.05) is 16.6 Å². The minimum atomic E-state index is 0.833. The van der Waals surface area contributed by atoms with Crippen LogP contribution in [0, 0.1) is 0 Å². The Balaban J connectivity index is 2.26. The van der Waals surface area contributed by atoms with Crippen LogP contribution in [-0.4, -0.2) is 16.1 Å². The quantitative estimate of drug-likeness (QED) is 0.942. The van der Waals surface area contributed by atoms with Crippen LogP contribution in [0.5, 0.6) is 0 Å². The summed E-state index contributed by atoms with van der Waals surface area (Å²) in [5, 5.41) is 7.48. The van der Waals surface area contributed by atoms with Crippen molar-refractivity contribution in [3.05, 3.63) is 33.6 Å². The van der Waals surface area contributed by atoms with Crippen molar-refractivity contribution in [1.29, 1.82) is 0 Å². The van der Waals surface area contributed by atoms with Crippen molar-refractivity contribution in [2.75, 3.05) is 6.54 Å². The van der Waals surface area contributed by atoms with Gasteiger partial charge in [-0.05, 0) is 30.2 Å². The summed E-state index contributed by atoms with van der Waals surface area (Å²) in [5.41, 5.74) is 2.10. The average molecular weight is 298 g/mol. The normalized spacial score (nSPS) is 10.6. The van der Waals surface area contributed by atoms with Crippen LogP contribution >= 0.6 is 27.5 Å². The van der Waals surface area contributed by atoms with E-state index in [4.69, 9.17) is 0 Å². The SMILES string of the molecule is CCNCc1snnc1-c1ccc(Br)cc1. The fraction of sp³-hybridized carbons (Fsp3) is 0.273. The first-order valence-corrected chi connectivity index (χ1v) is 6.65. The van der Waals surface area contributed by atoms with Crippen molar-refractivity contribution in [1.82, 2.24) is 14.9 Å². The van der Waals surface area contributed by atoms with Gasteiger partial charge < -0.3 is 5.32 Å². The number of nitrogens with zero attached hydrogens (tertiary/aromatic N) is 2. The monoisotopic (exact) mass is 297 g/mol. The molecule has 84 valence electrons. The van der Waals surface area contributed by atoms with Crippen molar-refractivity contribution in [2.24, 2.45) is 0 Å². The minimum absolute atomic E-state index is 0.833. The highest BCUT2D eigenvalue weighted by Crippen LogP contribution is 2.25. The third-order valence-electron chi connectivity index (χ3n) is 2.21. The molecule has 0 bridgehead atoms. The fourth-order valence-electron chi connectivity index (χ4n) is 1.39. The molecular weight excluding hydrogens is 286 g/mol. The van der Waals surface area contributed by atoms with Gasteiger partial charge in [-0.2, -0.15) is 0 Å². The van der Waals surface area contributed by atoms with Crippen molar-refractivity contribution in [2.45, 2.75) is 13.5 Å². The minimum Gasteiger partial charge on any atom is -0.312 e. The molecular formula is C11H12BrN3S. The summed E-state index contributed by atoms with van der Waals surface area (Å²) >= 11 is 4.88. The van der Waals surface area contributed by atoms with Gasteiger partial charge in [0.1, 0.15) is 5.69 Å². The summed E-state index contributed by atoms with van der Waals surface area (Å²) in [7, 11) is 0. The van der Waals surface area contributed by atoms with E-state index in [1.54, 1.807) is 0 Å². The Kier molecular flexibility index (Phi) is 4.04. The molecule has 3 nitrogen and oxygen atoms in total. The van der Waals surface area contributed by atoms with E-state index in [-0.39, 0.29) is 0 Å². The summed E-state index contributed by atoms with van der Waals surface area (Å²) in [6.07, 6.45) is 0. The summed E-state index contributed by atoms with van der Waals surface area (Å²) in [6, 6.07) is 8.14. The summed E-state index contributed by atoms with van der Waals surface area (Å²) < 4.78 is 5.09. The van der Waals surface area contributed by atoms with Gasteiger partial charge in [0.15, 0.2) is 0 Å². The molecule has 2 aromatic rings. The van der Waals surface area contributed by atoms with E-state index < -0.39 is 0 Å². The zero-order chi connectivity index (χ0) is 11.4. The van der Waals surface area contributed by atoms with Gasteiger partial charge in [0.05, 0.1) is 4.88 Å². The number of rotatable bonds is 4. The number of aromatic nitrogens is 2. The maximum Gasteiger partial charge on any atom is 0.110 e. The number of hydrogen-bond acceptors (Lipinski definition) is 4. The summed E-state index contributed by atoms with van der Waals surface area (Å²) in [6.45, 7) is 3.88. The third kappa shape index (κ3) is 2.66. The molecule has 0 unspecified atom stereocenters. The van der Waals surface area contributed by atoms with E-state index >= 15 is 0 Å². The van der Waals surface area contributed by atoms with Gasteiger partial charge in [-0.1, -0.05) is 39.5 Å². The molecule has 1 heterocycles.